The number of piperazine rings is 1. The number of hydrogen-bond acceptors (Lipinski definition) is 5. The first-order valence-corrected chi connectivity index (χ1v) is 6.81. The number of rotatable bonds is 2. The van der Waals surface area contributed by atoms with Crippen LogP contribution in [0.15, 0.2) is 12.4 Å². The number of nitrogens with one attached hydrogen (secondary N) is 1. The van der Waals surface area contributed by atoms with Crippen LogP contribution in [0, 0.1) is 0 Å². The van der Waals surface area contributed by atoms with E-state index in [0.29, 0.717) is 17.6 Å². The number of fused-ring (bicyclic) bond motifs is 1. The van der Waals surface area contributed by atoms with Gasteiger partial charge in [0, 0.05) is 32.7 Å². The Morgan fingerprint density at radius 1 is 1.32 bits per heavy atom. The second kappa shape index (κ2) is 5.13. The van der Waals surface area contributed by atoms with Gasteiger partial charge in [-0.25, -0.2) is 9.97 Å². The zero-order valence-electron chi connectivity index (χ0n) is 11.2. The van der Waals surface area contributed by atoms with Crippen LogP contribution in [0.2, 0.25) is 0 Å². The van der Waals surface area contributed by atoms with Gasteiger partial charge in [-0.3, -0.25) is 9.69 Å². The third-order valence-electron chi connectivity index (χ3n) is 4.00. The monoisotopic (exact) mass is 261 g/mol. The predicted octanol–water partition coefficient (Wildman–Crippen LogP) is 0.438. The van der Waals surface area contributed by atoms with Gasteiger partial charge in [-0.05, 0) is 19.4 Å². The van der Waals surface area contributed by atoms with E-state index in [1.54, 1.807) is 19.4 Å². The summed E-state index contributed by atoms with van der Waals surface area (Å²) in [6.45, 7) is 3.79. The highest BCUT2D eigenvalue weighted by molar-refractivity contribution is 5.92. The van der Waals surface area contributed by atoms with E-state index in [9.17, 15) is 4.79 Å². The largest absolute Gasteiger partial charge is 0.372 e. The molecule has 2 aliphatic heterocycles. The predicted molar refractivity (Wildman–Crippen MR) is 72.1 cm³/mol. The standard InChI is InChI=1S/C13H19N5O/c1-14-12-8-15-11(7-16-12)13(19)18-6-5-17-4-2-3-10(17)9-18/h7-8,10H,2-6,9H2,1H3,(H,14,16). The highest BCUT2D eigenvalue weighted by Crippen LogP contribution is 2.22. The molecule has 1 unspecified atom stereocenters. The van der Waals surface area contributed by atoms with E-state index in [-0.39, 0.29) is 5.91 Å². The van der Waals surface area contributed by atoms with Gasteiger partial charge < -0.3 is 10.2 Å². The zero-order chi connectivity index (χ0) is 13.2. The molecule has 2 aliphatic rings. The number of amides is 1. The van der Waals surface area contributed by atoms with Gasteiger partial charge >= 0.3 is 0 Å². The summed E-state index contributed by atoms with van der Waals surface area (Å²) in [5, 5.41) is 2.90. The first-order valence-electron chi connectivity index (χ1n) is 6.81. The van der Waals surface area contributed by atoms with Crippen LogP contribution in [0.3, 0.4) is 0 Å². The topological polar surface area (TPSA) is 61.4 Å². The Morgan fingerprint density at radius 2 is 2.21 bits per heavy atom. The normalized spacial score (nSPS) is 23.2. The summed E-state index contributed by atoms with van der Waals surface area (Å²) in [5.74, 6) is 0.680. The Bertz CT molecular complexity index is 461. The number of anilines is 1. The fourth-order valence-electron chi connectivity index (χ4n) is 2.91. The Morgan fingerprint density at radius 3 is 2.95 bits per heavy atom. The van der Waals surface area contributed by atoms with Gasteiger partial charge in [0.2, 0.25) is 0 Å². The fraction of sp³-hybridized carbons (Fsp3) is 0.615. The first kappa shape index (κ1) is 12.3. The van der Waals surface area contributed by atoms with E-state index in [2.05, 4.69) is 20.2 Å². The smallest absolute Gasteiger partial charge is 0.274 e. The van der Waals surface area contributed by atoms with Crippen molar-refractivity contribution in [1.29, 1.82) is 0 Å². The van der Waals surface area contributed by atoms with Gasteiger partial charge in [0.25, 0.3) is 5.91 Å². The average Bonchev–Trinajstić information content (AvgIpc) is 2.94. The van der Waals surface area contributed by atoms with Crippen LogP contribution < -0.4 is 5.32 Å². The summed E-state index contributed by atoms with van der Waals surface area (Å²) >= 11 is 0. The second-order valence-corrected chi connectivity index (χ2v) is 5.12. The molecule has 19 heavy (non-hydrogen) atoms. The van der Waals surface area contributed by atoms with Crippen molar-refractivity contribution in [2.45, 2.75) is 18.9 Å². The molecule has 6 nitrogen and oxygen atoms in total. The van der Waals surface area contributed by atoms with Gasteiger partial charge in [0.15, 0.2) is 0 Å². The van der Waals surface area contributed by atoms with Gasteiger partial charge in [0.1, 0.15) is 11.5 Å². The molecule has 3 rings (SSSR count). The first-order chi connectivity index (χ1) is 9.28. The molecule has 1 aromatic rings. The maximum Gasteiger partial charge on any atom is 0.274 e. The van der Waals surface area contributed by atoms with Gasteiger partial charge in [0.05, 0.1) is 12.4 Å². The van der Waals surface area contributed by atoms with Crippen molar-refractivity contribution >= 4 is 11.7 Å². The molecule has 2 fully saturated rings. The fourth-order valence-corrected chi connectivity index (χ4v) is 2.91. The molecule has 2 saturated heterocycles. The minimum Gasteiger partial charge on any atom is -0.372 e. The van der Waals surface area contributed by atoms with E-state index < -0.39 is 0 Å². The molecule has 1 amide bonds. The summed E-state index contributed by atoms with van der Waals surface area (Å²) in [4.78, 5) is 25.1. The van der Waals surface area contributed by atoms with Gasteiger partial charge in [-0.2, -0.15) is 0 Å². The van der Waals surface area contributed by atoms with Gasteiger partial charge in [-0.15, -0.1) is 0 Å². The summed E-state index contributed by atoms with van der Waals surface area (Å²) in [5.41, 5.74) is 0.436. The van der Waals surface area contributed by atoms with Gasteiger partial charge in [-0.1, -0.05) is 0 Å². The molecule has 6 heteroatoms. The molecule has 0 spiro atoms. The lowest BCUT2D eigenvalue weighted by Gasteiger charge is -2.37. The lowest BCUT2D eigenvalue weighted by molar-refractivity contribution is 0.0565. The number of nitrogens with zero attached hydrogens (tertiary/aromatic N) is 4. The molecule has 102 valence electrons. The Kier molecular flexibility index (Phi) is 3.33. The third-order valence-corrected chi connectivity index (χ3v) is 4.00. The van der Waals surface area contributed by atoms with E-state index in [4.69, 9.17) is 0 Å². The zero-order valence-corrected chi connectivity index (χ0v) is 11.2. The van der Waals surface area contributed by atoms with Crippen LogP contribution in [0.4, 0.5) is 5.82 Å². The minimum absolute atomic E-state index is 0.00158. The molecule has 0 saturated carbocycles. The van der Waals surface area contributed by atoms with E-state index in [1.807, 2.05) is 4.90 Å². The average molecular weight is 261 g/mol. The molecular formula is C13H19N5O. The molecule has 3 heterocycles. The van der Waals surface area contributed by atoms with Crippen LogP contribution in [-0.4, -0.2) is 64.9 Å². The van der Waals surface area contributed by atoms with Crippen LogP contribution >= 0.6 is 0 Å². The highest BCUT2D eigenvalue weighted by atomic mass is 16.2. The lowest BCUT2D eigenvalue weighted by Crippen LogP contribution is -2.52. The van der Waals surface area contributed by atoms with Crippen molar-refractivity contribution in [3.05, 3.63) is 18.1 Å². The quantitative estimate of drug-likeness (QED) is 0.837. The van der Waals surface area contributed by atoms with E-state index in [0.717, 1.165) is 19.6 Å². The van der Waals surface area contributed by atoms with Crippen molar-refractivity contribution < 1.29 is 4.79 Å². The van der Waals surface area contributed by atoms with Crippen molar-refractivity contribution in [2.75, 3.05) is 38.5 Å². The summed E-state index contributed by atoms with van der Waals surface area (Å²) in [6.07, 6.45) is 5.60. The number of aromatic nitrogens is 2. The minimum atomic E-state index is 0.00158. The molecule has 1 aromatic heterocycles. The second-order valence-electron chi connectivity index (χ2n) is 5.12. The molecule has 0 bridgehead atoms. The molecule has 1 N–H and O–H groups in total. The Balaban J connectivity index is 1.69. The Labute approximate surface area is 112 Å². The highest BCUT2D eigenvalue weighted by Gasteiger charge is 2.33. The molecule has 0 aliphatic carbocycles. The third kappa shape index (κ3) is 2.40. The summed E-state index contributed by atoms with van der Waals surface area (Å²) in [7, 11) is 1.78. The van der Waals surface area contributed by atoms with Crippen molar-refractivity contribution in [2.24, 2.45) is 0 Å². The van der Waals surface area contributed by atoms with Crippen molar-refractivity contribution in [3.63, 3.8) is 0 Å². The van der Waals surface area contributed by atoms with Crippen LogP contribution in [0.1, 0.15) is 23.3 Å². The van der Waals surface area contributed by atoms with Crippen LogP contribution in [0.5, 0.6) is 0 Å². The molecular weight excluding hydrogens is 242 g/mol. The Hall–Kier alpha value is -1.69. The SMILES string of the molecule is CNc1cnc(C(=O)N2CCN3CCCC3C2)cn1. The molecule has 1 atom stereocenters. The van der Waals surface area contributed by atoms with E-state index in [1.165, 1.54) is 19.4 Å². The maximum atomic E-state index is 12.4. The molecule has 0 aromatic carbocycles. The van der Waals surface area contributed by atoms with E-state index >= 15 is 0 Å². The number of carbonyl (C=O) groups excluding carboxylic acids is 1. The molecule has 0 radical (unpaired) electrons. The maximum absolute atomic E-state index is 12.4. The number of hydrogen-bond donors (Lipinski definition) is 1. The van der Waals surface area contributed by atoms with Crippen LogP contribution in [-0.2, 0) is 0 Å². The van der Waals surface area contributed by atoms with Crippen LogP contribution in [0.25, 0.3) is 0 Å². The van der Waals surface area contributed by atoms with Crippen molar-refractivity contribution in [3.8, 4) is 0 Å². The number of carbonyl (C=O) groups is 1. The summed E-state index contributed by atoms with van der Waals surface area (Å²) in [6, 6.07) is 0.544. The lowest BCUT2D eigenvalue weighted by atomic mass is 10.1. The summed E-state index contributed by atoms with van der Waals surface area (Å²) < 4.78 is 0. The van der Waals surface area contributed by atoms with Crippen molar-refractivity contribution in [1.82, 2.24) is 19.8 Å².